The van der Waals surface area contributed by atoms with E-state index in [1.807, 2.05) is 6.92 Å². The number of amides is 1. The molecule has 1 N–H and O–H groups in total. The van der Waals surface area contributed by atoms with Gasteiger partial charge in [0.2, 0.25) is 0 Å². The Morgan fingerprint density at radius 1 is 1.73 bits per heavy atom. The lowest BCUT2D eigenvalue weighted by atomic mass is 10.2. The highest BCUT2D eigenvalue weighted by atomic mass is 16.5. The van der Waals surface area contributed by atoms with E-state index in [4.69, 9.17) is 4.74 Å². The van der Waals surface area contributed by atoms with Crippen LogP contribution < -0.4 is 10.0 Å². The van der Waals surface area contributed by atoms with Gasteiger partial charge in [-0.15, -0.1) is 0 Å². The number of hydrogen-bond donors (Lipinski definition) is 1. The van der Waals surface area contributed by atoms with Gasteiger partial charge in [-0.3, -0.25) is 4.79 Å². The smallest absolute Gasteiger partial charge is 0.257 e. The molecule has 1 aromatic heterocycles. The first-order chi connectivity index (χ1) is 7.13. The van der Waals surface area contributed by atoms with Crippen molar-refractivity contribution in [2.75, 3.05) is 13.7 Å². The summed E-state index contributed by atoms with van der Waals surface area (Å²) in [6.07, 6.45) is 2.56. The second kappa shape index (κ2) is 5.31. The largest absolute Gasteiger partial charge is 0.619 e. The molecule has 5 heteroatoms. The minimum absolute atomic E-state index is 0.0807. The average molecular weight is 210 g/mol. The van der Waals surface area contributed by atoms with Crippen LogP contribution >= 0.6 is 0 Å². The lowest BCUT2D eigenvalue weighted by Crippen LogP contribution is -2.37. The molecule has 1 aromatic rings. The van der Waals surface area contributed by atoms with Gasteiger partial charge in [-0.1, -0.05) is 0 Å². The van der Waals surface area contributed by atoms with E-state index in [2.05, 4.69) is 5.32 Å². The van der Waals surface area contributed by atoms with Crippen LogP contribution in [0.5, 0.6) is 0 Å². The number of nitrogens with one attached hydrogen (secondary N) is 1. The number of hydrogen-bond acceptors (Lipinski definition) is 3. The van der Waals surface area contributed by atoms with Crippen molar-refractivity contribution in [3.63, 3.8) is 0 Å². The van der Waals surface area contributed by atoms with Gasteiger partial charge in [-0.05, 0) is 13.0 Å². The van der Waals surface area contributed by atoms with Gasteiger partial charge in [0, 0.05) is 19.2 Å². The molecule has 0 saturated carbocycles. The fourth-order valence-corrected chi connectivity index (χ4v) is 1.19. The van der Waals surface area contributed by atoms with E-state index in [-0.39, 0.29) is 11.9 Å². The monoisotopic (exact) mass is 210 g/mol. The molecule has 0 spiro atoms. The molecule has 0 aliphatic rings. The Kier molecular flexibility index (Phi) is 4.05. The molecule has 5 nitrogen and oxygen atoms in total. The van der Waals surface area contributed by atoms with Crippen LogP contribution in [0.2, 0.25) is 0 Å². The lowest BCUT2D eigenvalue weighted by molar-refractivity contribution is -0.605. The third-order valence-corrected chi connectivity index (χ3v) is 1.83. The molecule has 0 fully saturated rings. The number of methoxy groups -OCH3 is 1. The van der Waals surface area contributed by atoms with Crippen LogP contribution in [-0.4, -0.2) is 25.7 Å². The Hall–Kier alpha value is -1.62. The highest BCUT2D eigenvalue weighted by Crippen LogP contribution is 1.95. The second-order valence-corrected chi connectivity index (χ2v) is 3.28. The Balaban J connectivity index is 2.61. The summed E-state index contributed by atoms with van der Waals surface area (Å²) >= 11 is 0. The van der Waals surface area contributed by atoms with Crippen LogP contribution in [0.4, 0.5) is 0 Å². The van der Waals surface area contributed by atoms with Crippen LogP contribution in [0.15, 0.2) is 24.5 Å². The van der Waals surface area contributed by atoms with Crippen molar-refractivity contribution in [2.45, 2.75) is 13.0 Å². The first-order valence-electron chi connectivity index (χ1n) is 4.62. The molecule has 0 radical (unpaired) electrons. The first kappa shape index (κ1) is 11.5. The van der Waals surface area contributed by atoms with Gasteiger partial charge in [0.15, 0.2) is 12.4 Å². The number of aromatic nitrogens is 1. The van der Waals surface area contributed by atoms with E-state index in [9.17, 15) is 10.0 Å². The fraction of sp³-hybridized carbons (Fsp3) is 0.400. The summed E-state index contributed by atoms with van der Waals surface area (Å²) in [4.78, 5) is 11.6. The van der Waals surface area contributed by atoms with E-state index < -0.39 is 0 Å². The molecule has 1 amide bonds. The van der Waals surface area contributed by atoms with Crippen molar-refractivity contribution in [2.24, 2.45) is 0 Å². The van der Waals surface area contributed by atoms with Gasteiger partial charge in [-0.2, -0.15) is 4.73 Å². The van der Waals surface area contributed by atoms with Crippen LogP contribution in [0.3, 0.4) is 0 Å². The van der Waals surface area contributed by atoms with Crippen LogP contribution in [-0.2, 0) is 4.74 Å². The molecule has 1 atom stereocenters. The number of carbonyl (C=O) groups excluding carboxylic acids is 1. The number of ether oxygens (including phenoxy) is 1. The molecule has 1 heterocycles. The zero-order chi connectivity index (χ0) is 11.3. The Labute approximate surface area is 88.3 Å². The summed E-state index contributed by atoms with van der Waals surface area (Å²) in [6.45, 7) is 2.27. The normalized spacial score (nSPS) is 12.1. The number of nitrogens with zero attached hydrogens (tertiary/aromatic N) is 1. The van der Waals surface area contributed by atoms with Crippen molar-refractivity contribution in [3.8, 4) is 0 Å². The van der Waals surface area contributed by atoms with Crippen molar-refractivity contribution in [3.05, 3.63) is 35.3 Å². The van der Waals surface area contributed by atoms with Gasteiger partial charge >= 0.3 is 0 Å². The fourth-order valence-electron chi connectivity index (χ4n) is 1.19. The summed E-state index contributed by atoms with van der Waals surface area (Å²) in [7, 11) is 1.57. The van der Waals surface area contributed by atoms with E-state index in [0.29, 0.717) is 16.9 Å². The first-order valence-corrected chi connectivity index (χ1v) is 4.62. The minimum atomic E-state index is -0.273. The maximum atomic E-state index is 11.6. The molecule has 0 aliphatic heterocycles. The average Bonchev–Trinajstić information content (AvgIpc) is 2.18. The topological polar surface area (TPSA) is 65.3 Å². The highest BCUT2D eigenvalue weighted by molar-refractivity contribution is 5.93. The Morgan fingerprint density at radius 2 is 2.47 bits per heavy atom. The van der Waals surface area contributed by atoms with E-state index in [1.54, 1.807) is 13.2 Å². The summed E-state index contributed by atoms with van der Waals surface area (Å²) in [5.74, 6) is -0.273. The molecular formula is C10H14N2O3. The quantitative estimate of drug-likeness (QED) is 0.565. The second-order valence-electron chi connectivity index (χ2n) is 3.28. The maximum Gasteiger partial charge on any atom is 0.257 e. The lowest BCUT2D eigenvalue weighted by Gasteiger charge is -2.11. The standard InChI is InChI=1S/C10H14N2O3/c1-8(7-15-2)11-10(13)9-4-3-5-12(14)6-9/h3-6,8H,7H2,1-2H3,(H,11,13). The number of pyridine rings is 1. The number of rotatable bonds is 4. The third-order valence-electron chi connectivity index (χ3n) is 1.83. The summed E-state index contributed by atoms with van der Waals surface area (Å²) in [5.41, 5.74) is 0.343. The van der Waals surface area contributed by atoms with Crippen LogP contribution in [0, 0.1) is 5.21 Å². The van der Waals surface area contributed by atoms with E-state index >= 15 is 0 Å². The Bertz CT molecular complexity index is 341. The number of carbonyl (C=O) groups is 1. The predicted octanol–water partition coefficient (Wildman–Crippen LogP) is 0.0847. The van der Waals surface area contributed by atoms with Crippen LogP contribution in [0.25, 0.3) is 0 Å². The van der Waals surface area contributed by atoms with Gasteiger partial charge < -0.3 is 15.3 Å². The predicted molar refractivity (Wildman–Crippen MR) is 54.2 cm³/mol. The molecule has 0 bridgehead atoms. The molecular weight excluding hydrogens is 196 g/mol. The minimum Gasteiger partial charge on any atom is -0.619 e. The van der Waals surface area contributed by atoms with E-state index in [1.165, 1.54) is 18.5 Å². The SMILES string of the molecule is COCC(C)NC(=O)c1ccc[n+]([O-])c1. The van der Waals surface area contributed by atoms with Gasteiger partial charge in [0.1, 0.15) is 5.56 Å². The zero-order valence-corrected chi connectivity index (χ0v) is 8.77. The van der Waals surface area contributed by atoms with Gasteiger partial charge in [-0.25, -0.2) is 0 Å². The molecule has 82 valence electrons. The van der Waals surface area contributed by atoms with E-state index in [0.717, 1.165) is 0 Å². The third kappa shape index (κ3) is 3.55. The Morgan fingerprint density at radius 3 is 3.07 bits per heavy atom. The summed E-state index contributed by atoms with van der Waals surface area (Å²) in [5, 5.41) is 13.6. The molecule has 0 saturated heterocycles. The van der Waals surface area contributed by atoms with Crippen molar-refractivity contribution < 1.29 is 14.3 Å². The highest BCUT2D eigenvalue weighted by Gasteiger charge is 2.11. The van der Waals surface area contributed by atoms with Gasteiger partial charge in [0.25, 0.3) is 5.91 Å². The molecule has 15 heavy (non-hydrogen) atoms. The summed E-state index contributed by atoms with van der Waals surface area (Å²) < 4.78 is 5.48. The molecule has 1 unspecified atom stereocenters. The van der Waals surface area contributed by atoms with Gasteiger partial charge in [0.05, 0.1) is 6.61 Å². The summed E-state index contributed by atoms with van der Waals surface area (Å²) in [6, 6.07) is 3.04. The van der Waals surface area contributed by atoms with Crippen LogP contribution in [0.1, 0.15) is 17.3 Å². The van der Waals surface area contributed by atoms with Crippen molar-refractivity contribution >= 4 is 5.91 Å². The van der Waals surface area contributed by atoms with Crippen molar-refractivity contribution in [1.29, 1.82) is 0 Å². The maximum absolute atomic E-state index is 11.6. The molecule has 0 aliphatic carbocycles. The molecule has 1 rings (SSSR count). The zero-order valence-electron chi connectivity index (χ0n) is 8.77. The van der Waals surface area contributed by atoms with Crippen molar-refractivity contribution in [1.82, 2.24) is 5.32 Å². The molecule has 0 aromatic carbocycles.